The molecule has 3 rings (SSSR count). The predicted octanol–water partition coefficient (Wildman–Crippen LogP) is -6.25. The molecule has 14 amide bonds. The fourth-order valence-electron chi connectivity index (χ4n) is 11.4. The SMILES string of the molecule is CCCCCCCC(C)C(=O)NC(Cc1c[nH]c2ccccc12)C(=O)NC(CC(N)=O)C(=O)NC(CC(=O)O)C(=O)NC(C(=O)NCC(=O)NC(CCCN)C(=O)NC(CC(=O)O)C(=O)NC(C)C(=O)NC(CC(=O)NCC(=O)NC(CO)C(=O)NC(C(=O)NC(CC(=O)c1ccccc1N)C(=O)O)C(C)CC(=O)O)C(=O)O)C(C)O. The van der Waals surface area contributed by atoms with Gasteiger partial charge in [0.2, 0.25) is 82.7 Å². The fourth-order valence-corrected chi connectivity index (χ4v) is 11.4. The molecule has 0 aliphatic carbocycles. The number of carbonyl (C=O) groups is 20. The number of nitrogen functional groups attached to an aromatic ring is 1. The Kier molecular flexibility index (Phi) is 41.2. The zero-order valence-electron chi connectivity index (χ0n) is 64.2. The van der Waals surface area contributed by atoms with Crippen LogP contribution in [-0.2, 0) is 97.5 Å². The van der Waals surface area contributed by atoms with Gasteiger partial charge in [0.15, 0.2) is 5.78 Å². The lowest BCUT2D eigenvalue weighted by atomic mass is 9.96. The highest BCUT2D eigenvalue weighted by atomic mass is 16.4. The summed E-state index contributed by atoms with van der Waals surface area (Å²) < 4.78 is 0. The largest absolute Gasteiger partial charge is 0.481 e. The van der Waals surface area contributed by atoms with Gasteiger partial charge in [0.25, 0.3) is 0 Å². The van der Waals surface area contributed by atoms with E-state index in [2.05, 4.69) is 65.1 Å². The number of amides is 14. The van der Waals surface area contributed by atoms with Gasteiger partial charge in [-0.15, -0.1) is 0 Å². The molecule has 0 aliphatic heterocycles. The van der Waals surface area contributed by atoms with Crippen LogP contribution >= 0.6 is 0 Å². The van der Waals surface area contributed by atoms with Crippen molar-refractivity contribution in [2.75, 3.05) is 32.0 Å². The van der Waals surface area contributed by atoms with Crippen LogP contribution in [0.25, 0.3) is 10.9 Å². The summed E-state index contributed by atoms with van der Waals surface area (Å²) >= 11 is 0. The zero-order chi connectivity index (χ0) is 87.2. The normalized spacial score (nSPS) is 14.6. The van der Waals surface area contributed by atoms with Gasteiger partial charge >= 0.3 is 29.8 Å². The Hall–Kier alpha value is -12.7. The van der Waals surface area contributed by atoms with Crippen LogP contribution in [0.15, 0.2) is 54.7 Å². The minimum absolute atomic E-state index is 0.0104. The van der Waals surface area contributed by atoms with Crippen molar-refractivity contribution < 1.29 is 132 Å². The summed E-state index contributed by atoms with van der Waals surface area (Å²) in [6, 6.07) is -8.33. The standard InChI is InChI=1S/C72H103N17O27/c1-6-7-8-9-10-16-34(2)61(103)82-44(24-38-30-76-42-20-14-12-17-39(38)42)65(107)83-45(26-52(75)93)66(108)85-47(29-58(101)102)67(109)89-60(37(5)91)69(111)78-32-55(96)80-43(21-15-22-73)63(105)84-46(28-57(99)100)64(106)79-36(4)62(104)86-49(72(115)116)27-53(94)77-31-54(95)81-50(33-90)68(110)88-59(35(3)23-56(97)98)70(112)87-48(71(113)114)25-51(92)40-18-11-13-19-41(40)74/h11-14,17-20,30,34-37,43-50,59-60,76,90-91H,6-10,15-16,21-29,31-33,73-74H2,1-5H3,(H2,75,93)(H,77,94)(H,78,111)(H,79,106)(H,80,96)(H,81,95)(H,82,103)(H,83,107)(H,84,105)(H,85,108)(H,86,104)(H,87,112)(H,88,110)(H,89,109)(H,97,98)(H,99,100)(H,101,102)(H,113,114)(H,115,116). The number of hydrogen-bond acceptors (Lipinski definition) is 24. The molecule has 2 aromatic carbocycles. The zero-order valence-corrected chi connectivity index (χ0v) is 64.2. The number of aromatic nitrogens is 1. The van der Waals surface area contributed by atoms with Crippen LogP contribution < -0.4 is 86.3 Å². The van der Waals surface area contributed by atoms with Crippen LogP contribution in [0.4, 0.5) is 5.69 Å². The molecular formula is C72H103N17O27. The van der Waals surface area contributed by atoms with Gasteiger partial charge in [0, 0.05) is 47.1 Å². The smallest absolute Gasteiger partial charge is 0.326 e. The lowest BCUT2D eigenvalue weighted by Crippen LogP contribution is -2.61. The molecule has 1 heterocycles. The van der Waals surface area contributed by atoms with Crippen molar-refractivity contribution >= 4 is 135 Å². The number of aliphatic hydroxyl groups is 2. The van der Waals surface area contributed by atoms with Crippen molar-refractivity contribution in [3.8, 4) is 0 Å². The number of ketones is 1. The number of nitrogens with two attached hydrogens (primary N) is 3. The van der Waals surface area contributed by atoms with E-state index in [-0.39, 0.29) is 37.1 Å². The minimum Gasteiger partial charge on any atom is -0.481 e. The number of carboxylic acids is 5. The average Bonchev–Trinajstić information content (AvgIpc) is 1.61. The second-order valence-corrected chi connectivity index (χ2v) is 27.4. The molecule has 0 saturated carbocycles. The van der Waals surface area contributed by atoms with Crippen LogP contribution in [-0.4, -0.2) is 258 Å². The second-order valence-electron chi connectivity index (χ2n) is 27.4. The molecule has 44 heteroatoms. The van der Waals surface area contributed by atoms with E-state index < -0.39 is 261 Å². The highest BCUT2D eigenvalue weighted by molar-refractivity contribution is 6.05. The molecule has 0 spiro atoms. The van der Waals surface area contributed by atoms with E-state index in [0.29, 0.717) is 22.9 Å². The van der Waals surface area contributed by atoms with Crippen molar-refractivity contribution in [2.45, 2.75) is 203 Å². The quantitative estimate of drug-likeness (QED) is 0.0142. The molecule has 0 aliphatic rings. The summed E-state index contributed by atoms with van der Waals surface area (Å²) in [5, 5.41) is 98.1. The van der Waals surface area contributed by atoms with E-state index in [9.17, 15) is 132 Å². The van der Waals surface area contributed by atoms with Crippen LogP contribution in [0.3, 0.4) is 0 Å². The number of nitrogens with one attached hydrogen (secondary N) is 14. The summed E-state index contributed by atoms with van der Waals surface area (Å²) in [6.45, 7) is 3.39. The van der Waals surface area contributed by atoms with Crippen molar-refractivity contribution in [1.82, 2.24) is 74.1 Å². The molecule has 27 N–H and O–H groups in total. The van der Waals surface area contributed by atoms with Crippen LogP contribution in [0.5, 0.6) is 0 Å². The summed E-state index contributed by atoms with van der Waals surface area (Å²) in [4.78, 5) is 265. The number of Topliss-reactive ketones (excluding diaryl/α,β-unsaturated/α-hetero) is 1. The lowest BCUT2D eigenvalue weighted by molar-refractivity contribution is -0.144. The molecule has 0 bridgehead atoms. The Morgan fingerprint density at radius 2 is 0.922 bits per heavy atom. The third-order valence-corrected chi connectivity index (χ3v) is 17.8. The van der Waals surface area contributed by atoms with Crippen LogP contribution in [0.1, 0.15) is 140 Å². The number of fused-ring (bicyclic) bond motifs is 1. The van der Waals surface area contributed by atoms with E-state index in [0.717, 1.165) is 46.0 Å². The number of aliphatic hydroxyl groups excluding tert-OH is 2. The van der Waals surface area contributed by atoms with Crippen molar-refractivity contribution in [1.29, 1.82) is 0 Å². The van der Waals surface area contributed by atoms with E-state index >= 15 is 0 Å². The number of aliphatic carboxylic acids is 5. The number of unbranched alkanes of at least 4 members (excludes halogenated alkanes) is 4. The van der Waals surface area contributed by atoms with Gasteiger partial charge in [0.1, 0.15) is 66.5 Å². The molecule has 1 aromatic heterocycles. The van der Waals surface area contributed by atoms with Gasteiger partial charge in [-0.2, -0.15) is 0 Å². The first-order valence-electron chi connectivity index (χ1n) is 36.8. The number of hydrogen-bond donors (Lipinski definition) is 24. The Bertz CT molecular complexity index is 4040. The molecule has 14 atom stereocenters. The molecule has 0 fully saturated rings. The average molecular weight is 1640 g/mol. The number of anilines is 1. The number of carboxylic acid groups (broad SMARTS) is 5. The molecule has 44 nitrogen and oxygen atoms in total. The molecule has 116 heavy (non-hydrogen) atoms. The number of primary amides is 1. The van der Waals surface area contributed by atoms with Gasteiger partial charge in [-0.05, 0) is 69.3 Å². The minimum atomic E-state index is -2.14. The first-order valence-corrected chi connectivity index (χ1v) is 36.8. The van der Waals surface area contributed by atoms with Crippen LogP contribution in [0.2, 0.25) is 0 Å². The number of aromatic amines is 1. The monoisotopic (exact) mass is 1640 g/mol. The van der Waals surface area contributed by atoms with Gasteiger partial charge in [-0.3, -0.25) is 86.3 Å². The molecule has 0 saturated heterocycles. The fraction of sp³-hybridized carbons (Fsp3) is 0.528. The number of para-hydroxylation sites is 2. The number of rotatable bonds is 54. The Balaban J connectivity index is 1.67. The third-order valence-electron chi connectivity index (χ3n) is 17.8. The van der Waals surface area contributed by atoms with E-state index in [1.807, 2.05) is 16.0 Å². The topological polar surface area (TPSA) is 733 Å². The third kappa shape index (κ3) is 33.9. The second kappa shape index (κ2) is 49.0. The Morgan fingerprint density at radius 3 is 1.48 bits per heavy atom. The summed E-state index contributed by atoms with van der Waals surface area (Å²) in [5.41, 5.74) is 18.1. The van der Waals surface area contributed by atoms with Gasteiger partial charge < -0.3 is 127 Å². The van der Waals surface area contributed by atoms with E-state index in [4.69, 9.17) is 17.2 Å². The van der Waals surface area contributed by atoms with Gasteiger partial charge in [0.05, 0.1) is 57.9 Å². The Labute approximate surface area is 663 Å². The molecule has 3 aromatic rings. The van der Waals surface area contributed by atoms with Gasteiger partial charge in [-0.25, -0.2) is 9.59 Å². The number of benzene rings is 2. The maximum atomic E-state index is 14.2. The summed E-state index contributed by atoms with van der Waals surface area (Å²) in [7, 11) is 0. The van der Waals surface area contributed by atoms with Crippen molar-refractivity contribution in [2.24, 2.45) is 23.3 Å². The summed E-state index contributed by atoms with van der Waals surface area (Å²) in [6.07, 6.45) is -1.83. The first-order chi connectivity index (χ1) is 54.6. The summed E-state index contributed by atoms with van der Waals surface area (Å²) in [5.74, 6) is -28.3. The molecule has 0 radical (unpaired) electrons. The molecule has 638 valence electrons. The lowest BCUT2D eigenvalue weighted by Gasteiger charge is -2.27. The number of carbonyl (C=O) groups excluding carboxylic acids is 15. The van der Waals surface area contributed by atoms with Crippen molar-refractivity contribution in [3.05, 3.63) is 65.9 Å². The predicted molar refractivity (Wildman–Crippen MR) is 404 cm³/mol. The van der Waals surface area contributed by atoms with Crippen molar-refractivity contribution in [3.63, 3.8) is 0 Å². The first kappa shape index (κ1) is 97.5. The van der Waals surface area contributed by atoms with Crippen LogP contribution in [0, 0.1) is 11.8 Å². The highest BCUT2D eigenvalue weighted by Crippen LogP contribution is 2.21. The maximum Gasteiger partial charge on any atom is 0.326 e. The molecule has 14 unspecified atom stereocenters. The number of H-pyrrole nitrogens is 1. The van der Waals surface area contributed by atoms with E-state index in [1.165, 1.54) is 31.2 Å². The Morgan fingerprint density at radius 1 is 0.440 bits per heavy atom. The van der Waals surface area contributed by atoms with E-state index in [1.54, 1.807) is 37.4 Å². The molecular weight excluding hydrogens is 1530 g/mol. The maximum absolute atomic E-state index is 14.2. The highest BCUT2D eigenvalue weighted by Gasteiger charge is 2.39. The van der Waals surface area contributed by atoms with Gasteiger partial charge in [-0.1, -0.05) is 83.2 Å².